The lowest BCUT2D eigenvalue weighted by Crippen LogP contribution is -2.61. The standard InChI is InChI=1S/C4H8N2O/c1-2-5-6-3-4(1)7-6/h4-5H,1-3H2. The molecule has 0 aromatic rings. The third kappa shape index (κ3) is 0.459. The number of nitrogens with zero attached hydrogens (tertiary/aromatic N) is 1. The predicted octanol–water partition coefficient (Wildman–Crippen LogP) is -0.489. The molecule has 0 radical (unpaired) electrons. The van der Waals surface area contributed by atoms with Crippen molar-refractivity contribution in [3.05, 3.63) is 0 Å². The number of hydrogen-bond donors (Lipinski definition) is 1. The molecule has 7 heavy (non-hydrogen) atoms. The Morgan fingerprint density at radius 1 is 1.71 bits per heavy atom. The van der Waals surface area contributed by atoms with Gasteiger partial charge in [-0.1, -0.05) is 0 Å². The molecule has 3 aliphatic heterocycles. The predicted molar refractivity (Wildman–Crippen MR) is 24.2 cm³/mol. The van der Waals surface area contributed by atoms with Crippen LogP contribution in [-0.4, -0.2) is 24.4 Å². The van der Waals surface area contributed by atoms with E-state index < -0.39 is 0 Å². The summed E-state index contributed by atoms with van der Waals surface area (Å²) in [6, 6.07) is 0. The van der Waals surface area contributed by atoms with Crippen LogP contribution in [0.15, 0.2) is 0 Å². The van der Waals surface area contributed by atoms with Crippen LogP contribution in [0.1, 0.15) is 6.42 Å². The van der Waals surface area contributed by atoms with Gasteiger partial charge in [0.25, 0.3) is 0 Å². The van der Waals surface area contributed by atoms with Crippen molar-refractivity contribution in [2.45, 2.75) is 12.5 Å². The number of hydrazine groups is 1. The Bertz CT molecular complexity index is 66.2. The molecule has 0 aliphatic carbocycles. The van der Waals surface area contributed by atoms with E-state index in [1.165, 1.54) is 6.42 Å². The van der Waals surface area contributed by atoms with Crippen molar-refractivity contribution in [3.8, 4) is 0 Å². The maximum absolute atomic E-state index is 5.10. The molecule has 0 aromatic carbocycles. The quantitative estimate of drug-likeness (QED) is 0.444. The molecule has 3 fully saturated rings. The highest BCUT2D eigenvalue weighted by molar-refractivity contribution is 4.72. The van der Waals surface area contributed by atoms with Gasteiger partial charge in [-0.25, -0.2) is 5.43 Å². The lowest BCUT2D eigenvalue weighted by atomic mass is 10.2. The molecule has 2 unspecified atom stereocenters. The lowest BCUT2D eigenvalue weighted by Gasteiger charge is -2.43. The number of hydrogen-bond acceptors (Lipinski definition) is 3. The molecule has 0 aromatic heterocycles. The molecule has 3 heteroatoms. The summed E-state index contributed by atoms with van der Waals surface area (Å²) in [6.45, 7) is 2.17. The van der Waals surface area contributed by atoms with Crippen molar-refractivity contribution < 1.29 is 4.84 Å². The van der Waals surface area contributed by atoms with Gasteiger partial charge in [0.1, 0.15) is 0 Å². The Morgan fingerprint density at radius 3 is 2.71 bits per heavy atom. The van der Waals surface area contributed by atoms with Gasteiger partial charge in [0.15, 0.2) is 0 Å². The highest BCUT2D eigenvalue weighted by atomic mass is 16.8. The smallest absolute Gasteiger partial charge is 0.0987 e. The van der Waals surface area contributed by atoms with Crippen molar-refractivity contribution in [1.82, 2.24) is 10.6 Å². The molecular formula is C4H8N2O. The number of rotatable bonds is 0. The summed E-state index contributed by atoms with van der Waals surface area (Å²) in [5, 5.41) is 1.79. The zero-order valence-electron chi connectivity index (χ0n) is 4.05. The van der Waals surface area contributed by atoms with Crippen molar-refractivity contribution in [3.63, 3.8) is 0 Å². The second-order valence-corrected chi connectivity index (χ2v) is 1.99. The Kier molecular flexibility index (Phi) is 0.647. The van der Waals surface area contributed by atoms with Crippen LogP contribution >= 0.6 is 0 Å². The molecule has 0 saturated carbocycles. The maximum atomic E-state index is 5.10. The Hall–Kier alpha value is -0.120. The van der Waals surface area contributed by atoms with Gasteiger partial charge in [0.2, 0.25) is 0 Å². The van der Waals surface area contributed by atoms with Crippen LogP contribution in [0.5, 0.6) is 0 Å². The summed E-state index contributed by atoms with van der Waals surface area (Å²) < 4.78 is 0. The minimum absolute atomic E-state index is 0.543. The van der Waals surface area contributed by atoms with E-state index in [4.69, 9.17) is 4.84 Å². The molecule has 3 aliphatic rings. The van der Waals surface area contributed by atoms with Crippen LogP contribution in [0.25, 0.3) is 0 Å². The minimum Gasteiger partial charge on any atom is -0.279 e. The molecule has 0 amide bonds. The molecule has 40 valence electrons. The largest absolute Gasteiger partial charge is 0.279 e. The van der Waals surface area contributed by atoms with Crippen molar-refractivity contribution in [2.24, 2.45) is 0 Å². The number of fused-ring (bicyclic) bond motifs is 2. The molecule has 0 spiro atoms. The lowest BCUT2D eigenvalue weighted by molar-refractivity contribution is -0.347. The first kappa shape index (κ1) is 3.83. The summed E-state index contributed by atoms with van der Waals surface area (Å²) in [5.74, 6) is 0. The first-order valence-corrected chi connectivity index (χ1v) is 2.63. The Labute approximate surface area is 42.2 Å². The molecule has 2 atom stereocenters. The van der Waals surface area contributed by atoms with E-state index in [9.17, 15) is 0 Å². The maximum Gasteiger partial charge on any atom is 0.0987 e. The van der Waals surface area contributed by atoms with Crippen LogP contribution in [0.2, 0.25) is 0 Å². The summed E-state index contributed by atoms with van der Waals surface area (Å²) in [5.41, 5.74) is 3.06. The fourth-order valence-electron chi connectivity index (χ4n) is 0.952. The van der Waals surface area contributed by atoms with E-state index >= 15 is 0 Å². The second-order valence-electron chi connectivity index (χ2n) is 1.99. The van der Waals surface area contributed by atoms with Gasteiger partial charge in [-0.2, -0.15) is 0 Å². The molecular weight excluding hydrogens is 92.1 g/mol. The number of nitrogens with one attached hydrogen (secondary N) is 1. The fourth-order valence-corrected chi connectivity index (χ4v) is 0.952. The first-order valence-electron chi connectivity index (χ1n) is 2.63. The van der Waals surface area contributed by atoms with Crippen LogP contribution in [-0.2, 0) is 4.84 Å². The Balaban J connectivity index is 1.99. The van der Waals surface area contributed by atoms with Gasteiger partial charge in [0.05, 0.1) is 12.6 Å². The van der Waals surface area contributed by atoms with E-state index in [1.54, 1.807) is 5.17 Å². The topological polar surface area (TPSA) is 24.5 Å². The van der Waals surface area contributed by atoms with Crippen molar-refractivity contribution >= 4 is 0 Å². The third-order valence-electron chi connectivity index (χ3n) is 1.40. The van der Waals surface area contributed by atoms with Crippen LogP contribution < -0.4 is 5.43 Å². The van der Waals surface area contributed by atoms with Gasteiger partial charge in [0, 0.05) is 6.54 Å². The zero-order chi connectivity index (χ0) is 4.69. The van der Waals surface area contributed by atoms with E-state index in [1.807, 2.05) is 0 Å². The third-order valence-corrected chi connectivity index (χ3v) is 1.40. The average Bonchev–Trinajstić information content (AvgIpc) is 1.67. The highest BCUT2D eigenvalue weighted by Gasteiger charge is 2.31. The van der Waals surface area contributed by atoms with E-state index in [0.29, 0.717) is 6.10 Å². The number of hydroxylamine groups is 1. The van der Waals surface area contributed by atoms with E-state index in [2.05, 4.69) is 5.43 Å². The van der Waals surface area contributed by atoms with Crippen molar-refractivity contribution in [2.75, 3.05) is 13.1 Å². The van der Waals surface area contributed by atoms with Gasteiger partial charge in [-0.15, -0.1) is 5.17 Å². The minimum atomic E-state index is 0.543. The summed E-state index contributed by atoms with van der Waals surface area (Å²) in [6.07, 6.45) is 1.72. The van der Waals surface area contributed by atoms with Crippen LogP contribution in [0.4, 0.5) is 0 Å². The monoisotopic (exact) mass is 100 g/mol. The van der Waals surface area contributed by atoms with Gasteiger partial charge in [-0.05, 0) is 6.42 Å². The van der Waals surface area contributed by atoms with E-state index in [0.717, 1.165) is 13.1 Å². The highest BCUT2D eigenvalue weighted by Crippen LogP contribution is 2.16. The molecule has 2 bridgehead atoms. The van der Waals surface area contributed by atoms with Crippen LogP contribution in [0, 0.1) is 0 Å². The van der Waals surface area contributed by atoms with E-state index in [-0.39, 0.29) is 0 Å². The zero-order valence-corrected chi connectivity index (χ0v) is 4.05. The SMILES string of the molecule is C1CC2CN(N1)O2. The molecule has 3 rings (SSSR count). The van der Waals surface area contributed by atoms with Gasteiger partial charge < -0.3 is 0 Å². The average molecular weight is 100 g/mol. The molecule has 1 N–H and O–H groups in total. The first-order chi connectivity index (χ1) is 3.45. The summed E-state index contributed by atoms with van der Waals surface area (Å²) in [4.78, 5) is 5.10. The summed E-state index contributed by atoms with van der Waals surface area (Å²) in [7, 11) is 0. The van der Waals surface area contributed by atoms with Gasteiger partial charge in [-0.3, -0.25) is 4.84 Å². The van der Waals surface area contributed by atoms with Crippen LogP contribution in [0.3, 0.4) is 0 Å². The molecule has 3 nitrogen and oxygen atoms in total. The molecule has 3 heterocycles. The Morgan fingerprint density at radius 2 is 2.57 bits per heavy atom. The molecule has 3 saturated heterocycles. The second kappa shape index (κ2) is 1.18. The normalized spacial score (nSPS) is 48.0. The summed E-state index contributed by atoms with van der Waals surface area (Å²) >= 11 is 0. The van der Waals surface area contributed by atoms with Crippen molar-refractivity contribution in [1.29, 1.82) is 0 Å². The van der Waals surface area contributed by atoms with Gasteiger partial charge >= 0.3 is 0 Å². The fraction of sp³-hybridized carbons (Fsp3) is 1.00.